The van der Waals surface area contributed by atoms with Gasteiger partial charge in [-0.1, -0.05) is 50.8 Å². The van der Waals surface area contributed by atoms with Gasteiger partial charge in [-0.25, -0.2) is 0 Å². The minimum absolute atomic E-state index is 0.880. The van der Waals surface area contributed by atoms with Gasteiger partial charge >= 0.3 is 0 Å². The predicted octanol–water partition coefficient (Wildman–Crippen LogP) is 5.25. The topological polar surface area (TPSA) is 9.23 Å². The van der Waals surface area contributed by atoms with Crippen molar-refractivity contribution in [2.24, 2.45) is 0 Å². The summed E-state index contributed by atoms with van der Waals surface area (Å²) in [5, 5.41) is 0. The van der Waals surface area contributed by atoms with E-state index < -0.39 is 0 Å². The van der Waals surface area contributed by atoms with E-state index in [1.807, 2.05) is 42.5 Å². The first kappa shape index (κ1) is 13.4. The van der Waals surface area contributed by atoms with Crippen LogP contribution in [0.25, 0.3) is 6.08 Å². The lowest BCUT2D eigenvalue weighted by Gasteiger charge is -2.16. The van der Waals surface area contributed by atoms with Crippen LogP contribution in [-0.2, 0) is 12.8 Å². The summed E-state index contributed by atoms with van der Waals surface area (Å²) in [5.41, 5.74) is 3.83. The first-order valence-electron chi connectivity index (χ1n) is 6.80. The molecule has 0 bridgehead atoms. The Morgan fingerprint density at radius 1 is 0.947 bits per heavy atom. The number of ether oxygens (including phenoxy) is 1. The molecule has 1 nitrogen and oxygen atoms in total. The van der Waals surface area contributed by atoms with Crippen molar-refractivity contribution in [3.63, 3.8) is 0 Å². The molecule has 0 heterocycles. The molecular weight excluding hydrogens is 232 g/mol. The van der Waals surface area contributed by atoms with E-state index in [4.69, 9.17) is 4.74 Å². The van der Waals surface area contributed by atoms with Gasteiger partial charge in [-0.05, 0) is 47.7 Å². The monoisotopic (exact) mass is 252 g/mol. The summed E-state index contributed by atoms with van der Waals surface area (Å²) >= 11 is 0. The molecule has 2 rings (SSSR count). The third-order valence-corrected chi connectivity index (χ3v) is 3.32. The van der Waals surface area contributed by atoms with Crippen LogP contribution >= 0.6 is 0 Å². The van der Waals surface area contributed by atoms with Crippen LogP contribution in [-0.4, -0.2) is 0 Å². The quantitative estimate of drug-likeness (QED) is 0.706. The highest BCUT2D eigenvalue weighted by atomic mass is 16.5. The fraction of sp³-hybridized carbons (Fsp3) is 0.222. The molecule has 0 spiro atoms. The van der Waals surface area contributed by atoms with Crippen LogP contribution in [0.3, 0.4) is 0 Å². The molecule has 0 atom stereocenters. The van der Waals surface area contributed by atoms with Crippen molar-refractivity contribution in [1.82, 2.24) is 0 Å². The molecule has 0 aliphatic heterocycles. The summed E-state index contributed by atoms with van der Waals surface area (Å²) in [6.45, 7) is 8.23. The van der Waals surface area contributed by atoms with E-state index in [0.717, 1.165) is 24.3 Å². The lowest BCUT2D eigenvalue weighted by Crippen LogP contribution is -1.98. The Balaban J connectivity index is 2.43. The van der Waals surface area contributed by atoms with Gasteiger partial charge in [0, 0.05) is 0 Å². The Labute approximate surface area is 115 Å². The van der Waals surface area contributed by atoms with E-state index in [0.29, 0.717) is 0 Å². The van der Waals surface area contributed by atoms with Crippen molar-refractivity contribution >= 4 is 6.08 Å². The van der Waals surface area contributed by atoms with Gasteiger partial charge in [-0.2, -0.15) is 0 Å². The molecule has 0 aliphatic rings. The summed E-state index contributed by atoms with van der Waals surface area (Å²) in [7, 11) is 0. The Morgan fingerprint density at radius 2 is 1.63 bits per heavy atom. The Morgan fingerprint density at radius 3 is 2.21 bits per heavy atom. The van der Waals surface area contributed by atoms with Crippen molar-refractivity contribution in [3.8, 4) is 11.5 Å². The van der Waals surface area contributed by atoms with Gasteiger partial charge in [-0.3, -0.25) is 0 Å². The molecular formula is C18H20O. The van der Waals surface area contributed by atoms with E-state index in [-0.39, 0.29) is 0 Å². The number of para-hydroxylation sites is 1. The van der Waals surface area contributed by atoms with Crippen LogP contribution < -0.4 is 4.74 Å². The molecule has 98 valence electrons. The van der Waals surface area contributed by atoms with Crippen LogP contribution in [0.4, 0.5) is 0 Å². The summed E-state index contributed by atoms with van der Waals surface area (Å²) in [5.74, 6) is 1.83. The summed E-state index contributed by atoms with van der Waals surface area (Å²) in [6.07, 6.45) is 3.88. The second kappa shape index (κ2) is 6.24. The largest absolute Gasteiger partial charge is 0.457 e. The van der Waals surface area contributed by atoms with Gasteiger partial charge in [0.05, 0.1) is 0 Å². The van der Waals surface area contributed by atoms with Gasteiger partial charge in [0.1, 0.15) is 11.5 Å². The molecule has 0 aliphatic carbocycles. The maximum absolute atomic E-state index is 6.01. The summed E-state index contributed by atoms with van der Waals surface area (Å²) in [4.78, 5) is 0. The summed E-state index contributed by atoms with van der Waals surface area (Å²) < 4.78 is 6.01. The molecule has 0 amide bonds. The molecule has 0 saturated carbocycles. The van der Waals surface area contributed by atoms with Gasteiger partial charge in [0.2, 0.25) is 0 Å². The first-order valence-corrected chi connectivity index (χ1v) is 6.80. The van der Waals surface area contributed by atoms with E-state index >= 15 is 0 Å². The molecule has 0 saturated heterocycles. The molecule has 0 unspecified atom stereocenters. The molecule has 2 aromatic rings. The van der Waals surface area contributed by atoms with Crippen LogP contribution in [0.5, 0.6) is 11.5 Å². The molecule has 2 aromatic carbocycles. The Kier molecular flexibility index (Phi) is 4.40. The highest BCUT2D eigenvalue weighted by Crippen LogP contribution is 2.31. The highest BCUT2D eigenvalue weighted by Gasteiger charge is 2.10. The van der Waals surface area contributed by atoms with Crippen molar-refractivity contribution in [2.75, 3.05) is 0 Å². The number of rotatable bonds is 5. The van der Waals surface area contributed by atoms with Gasteiger partial charge in [0.25, 0.3) is 0 Å². The van der Waals surface area contributed by atoms with E-state index in [9.17, 15) is 0 Å². The Hall–Kier alpha value is -2.02. The van der Waals surface area contributed by atoms with Crippen LogP contribution in [0.1, 0.15) is 30.5 Å². The lowest BCUT2D eigenvalue weighted by atomic mass is 9.96. The fourth-order valence-corrected chi connectivity index (χ4v) is 2.40. The van der Waals surface area contributed by atoms with E-state index in [2.05, 4.69) is 26.5 Å². The van der Waals surface area contributed by atoms with Crippen molar-refractivity contribution < 1.29 is 4.74 Å². The Bertz CT molecular complexity index is 555. The average molecular weight is 252 g/mol. The lowest BCUT2D eigenvalue weighted by molar-refractivity contribution is 0.476. The molecule has 19 heavy (non-hydrogen) atoms. The second-order valence-electron chi connectivity index (χ2n) is 4.44. The molecule has 0 N–H and O–H groups in total. The first-order chi connectivity index (χ1) is 9.30. The standard InChI is InChI=1S/C18H20O/c1-4-14-12-13-18(17(6-3)16(14)5-2)19-15-10-8-7-9-11-15/h4,7-13H,1,5-6H2,2-3H3. The van der Waals surface area contributed by atoms with Gasteiger partial charge in [0.15, 0.2) is 0 Å². The normalized spacial score (nSPS) is 10.2. The maximum Gasteiger partial charge on any atom is 0.130 e. The van der Waals surface area contributed by atoms with Crippen molar-refractivity contribution in [2.45, 2.75) is 26.7 Å². The van der Waals surface area contributed by atoms with E-state index in [1.165, 1.54) is 16.7 Å². The molecule has 0 radical (unpaired) electrons. The molecule has 0 aromatic heterocycles. The average Bonchev–Trinajstić information content (AvgIpc) is 2.47. The third-order valence-electron chi connectivity index (χ3n) is 3.32. The number of hydrogen-bond donors (Lipinski definition) is 0. The molecule has 1 heteroatoms. The SMILES string of the molecule is C=Cc1ccc(Oc2ccccc2)c(CC)c1CC. The van der Waals surface area contributed by atoms with Crippen molar-refractivity contribution in [3.05, 3.63) is 65.7 Å². The summed E-state index contributed by atoms with van der Waals surface area (Å²) in [6, 6.07) is 14.1. The fourth-order valence-electron chi connectivity index (χ4n) is 2.40. The minimum Gasteiger partial charge on any atom is -0.457 e. The number of hydrogen-bond acceptors (Lipinski definition) is 1. The van der Waals surface area contributed by atoms with E-state index in [1.54, 1.807) is 0 Å². The highest BCUT2D eigenvalue weighted by molar-refractivity contribution is 5.58. The predicted molar refractivity (Wildman–Crippen MR) is 81.8 cm³/mol. The van der Waals surface area contributed by atoms with Crippen molar-refractivity contribution in [1.29, 1.82) is 0 Å². The van der Waals surface area contributed by atoms with Gasteiger partial charge < -0.3 is 4.74 Å². The zero-order valence-electron chi connectivity index (χ0n) is 11.6. The van der Waals surface area contributed by atoms with Crippen LogP contribution in [0, 0.1) is 0 Å². The third kappa shape index (κ3) is 2.87. The minimum atomic E-state index is 0.880. The zero-order chi connectivity index (χ0) is 13.7. The zero-order valence-corrected chi connectivity index (χ0v) is 11.6. The molecule has 0 fully saturated rings. The van der Waals surface area contributed by atoms with Crippen LogP contribution in [0.15, 0.2) is 49.0 Å². The van der Waals surface area contributed by atoms with Gasteiger partial charge in [-0.15, -0.1) is 0 Å². The smallest absolute Gasteiger partial charge is 0.130 e. The number of benzene rings is 2. The second-order valence-corrected chi connectivity index (χ2v) is 4.44. The maximum atomic E-state index is 6.01. The van der Waals surface area contributed by atoms with Crippen LogP contribution in [0.2, 0.25) is 0 Å².